The highest BCUT2D eigenvalue weighted by molar-refractivity contribution is 7.92. The van der Waals surface area contributed by atoms with Crippen molar-refractivity contribution in [3.63, 3.8) is 0 Å². The second-order valence-electron chi connectivity index (χ2n) is 8.57. The van der Waals surface area contributed by atoms with Gasteiger partial charge in [0.15, 0.2) is 0 Å². The number of sulfonamides is 1. The summed E-state index contributed by atoms with van der Waals surface area (Å²) in [4.78, 5) is 5.69. The number of rotatable bonds is 5. The summed E-state index contributed by atoms with van der Waals surface area (Å²) in [7, 11) is -4.40. The highest BCUT2D eigenvalue weighted by atomic mass is 32.2. The molecule has 0 unspecified atom stereocenters. The molecule has 1 aliphatic heterocycles. The van der Waals surface area contributed by atoms with Crippen molar-refractivity contribution >= 4 is 21.5 Å². The third-order valence-electron chi connectivity index (χ3n) is 6.34. The van der Waals surface area contributed by atoms with E-state index in [9.17, 15) is 27.6 Å². The smallest absolute Gasteiger partial charge is 0.264 e. The number of aromatic nitrogens is 1. The summed E-state index contributed by atoms with van der Waals surface area (Å²) in [6.45, 7) is 4.05. The van der Waals surface area contributed by atoms with Crippen LogP contribution in [0.3, 0.4) is 0 Å². The van der Waals surface area contributed by atoms with Gasteiger partial charge in [0, 0.05) is 19.2 Å². The maximum absolute atomic E-state index is 14.1. The molecule has 0 aliphatic carbocycles. The number of piperidine rings is 1. The largest absolute Gasteiger partial charge is 0.385 e. The maximum Gasteiger partial charge on any atom is 0.264 e. The second kappa shape index (κ2) is 9.24. The molecule has 0 saturated carbocycles. The van der Waals surface area contributed by atoms with Crippen LogP contribution in [0.25, 0.3) is 0 Å². The van der Waals surface area contributed by atoms with E-state index in [1.165, 1.54) is 0 Å². The molecule has 4 rings (SSSR count). The van der Waals surface area contributed by atoms with E-state index in [4.69, 9.17) is 0 Å². The average molecular weight is 499 g/mol. The Kier molecular flexibility index (Phi) is 6.49. The van der Waals surface area contributed by atoms with Crippen LogP contribution in [0.5, 0.6) is 0 Å². The number of nitrogens with one attached hydrogen (secondary N) is 1. The van der Waals surface area contributed by atoms with Gasteiger partial charge in [-0.05, 0) is 49.9 Å². The van der Waals surface area contributed by atoms with Crippen LogP contribution in [0.2, 0.25) is 0 Å². The first kappa shape index (κ1) is 24.6. The van der Waals surface area contributed by atoms with Crippen LogP contribution in [0.4, 0.5) is 20.3 Å². The van der Waals surface area contributed by atoms with E-state index in [0.717, 1.165) is 17.7 Å². The van der Waals surface area contributed by atoms with Gasteiger partial charge in [-0.3, -0.25) is 4.72 Å². The number of nitrogens with zero attached hydrogens (tertiary/aromatic N) is 3. The molecule has 0 atom stereocenters. The first-order valence-corrected chi connectivity index (χ1v) is 12.5. The SMILES string of the molecule is Cc1nc(N2CCC(O)(c3ccccc3)CC2)c(C#N)c(C)c1NS(=O)(=O)c1ccc(F)cc1F. The zero-order chi connectivity index (χ0) is 25.4. The molecular formula is C25H24F2N4O3S. The van der Waals surface area contributed by atoms with Gasteiger partial charge in [0.1, 0.15) is 28.4 Å². The summed E-state index contributed by atoms with van der Waals surface area (Å²) in [5.74, 6) is -1.72. The summed E-state index contributed by atoms with van der Waals surface area (Å²) in [6, 6.07) is 13.7. The average Bonchev–Trinajstić information content (AvgIpc) is 2.82. The molecule has 10 heteroatoms. The minimum Gasteiger partial charge on any atom is -0.385 e. The molecule has 1 aromatic heterocycles. The Morgan fingerprint density at radius 1 is 1.11 bits per heavy atom. The Balaban J connectivity index is 1.63. The highest BCUT2D eigenvalue weighted by Gasteiger charge is 2.35. The number of aryl methyl sites for hydroxylation is 1. The van der Waals surface area contributed by atoms with Crippen LogP contribution in [0.1, 0.15) is 35.2 Å². The normalized spacial score (nSPS) is 15.5. The van der Waals surface area contributed by atoms with Gasteiger partial charge in [0.2, 0.25) is 0 Å². The zero-order valence-electron chi connectivity index (χ0n) is 19.2. The first-order valence-electron chi connectivity index (χ1n) is 11.0. The number of nitriles is 1. The van der Waals surface area contributed by atoms with Gasteiger partial charge >= 0.3 is 0 Å². The second-order valence-corrected chi connectivity index (χ2v) is 10.2. The topological polar surface area (TPSA) is 106 Å². The minimum absolute atomic E-state index is 0.0619. The Morgan fingerprint density at radius 3 is 2.37 bits per heavy atom. The molecule has 2 aromatic carbocycles. The predicted molar refractivity (Wildman–Crippen MR) is 127 cm³/mol. The molecule has 35 heavy (non-hydrogen) atoms. The van der Waals surface area contributed by atoms with Crippen molar-refractivity contribution in [3.05, 3.63) is 82.5 Å². The first-order chi connectivity index (χ1) is 16.6. The Bertz CT molecular complexity index is 1410. The summed E-state index contributed by atoms with van der Waals surface area (Å²) in [5.41, 5.74) is 0.725. The molecule has 1 fully saturated rings. The van der Waals surface area contributed by atoms with Gasteiger partial charge < -0.3 is 10.0 Å². The van der Waals surface area contributed by atoms with Gasteiger partial charge in [-0.15, -0.1) is 0 Å². The molecule has 1 aliphatic rings. The van der Waals surface area contributed by atoms with Crippen molar-refractivity contribution in [2.45, 2.75) is 37.2 Å². The van der Waals surface area contributed by atoms with Crippen LogP contribution in [0.15, 0.2) is 53.4 Å². The molecule has 7 nitrogen and oxygen atoms in total. The molecule has 2 N–H and O–H groups in total. The van der Waals surface area contributed by atoms with Crippen molar-refractivity contribution in [1.29, 1.82) is 5.26 Å². The van der Waals surface area contributed by atoms with Crippen molar-refractivity contribution < 1.29 is 22.3 Å². The maximum atomic E-state index is 14.1. The fraction of sp³-hybridized carbons (Fsp3) is 0.280. The number of anilines is 2. The van der Waals surface area contributed by atoms with Crippen molar-refractivity contribution in [1.82, 2.24) is 4.98 Å². The third-order valence-corrected chi connectivity index (χ3v) is 7.72. The number of hydrogen-bond acceptors (Lipinski definition) is 6. The molecule has 0 spiro atoms. The summed E-state index contributed by atoms with van der Waals surface area (Å²) in [5, 5.41) is 21.0. The Labute approximate surface area is 202 Å². The van der Waals surface area contributed by atoms with Crippen molar-refractivity contribution in [2.24, 2.45) is 0 Å². The van der Waals surface area contributed by atoms with Gasteiger partial charge in [-0.25, -0.2) is 22.2 Å². The summed E-state index contributed by atoms with van der Waals surface area (Å²) in [6.07, 6.45) is 0.861. The lowest BCUT2D eigenvalue weighted by Gasteiger charge is -2.39. The Hall–Kier alpha value is -3.55. The van der Waals surface area contributed by atoms with Crippen LogP contribution < -0.4 is 9.62 Å². The predicted octanol–water partition coefficient (Wildman–Crippen LogP) is 4.14. The standard InChI is InChI=1S/C25H24F2N4O3S/c1-16-20(15-28)24(31-12-10-25(32,11-13-31)18-6-4-3-5-7-18)29-17(2)23(16)30-35(33,34)22-9-8-19(26)14-21(22)27/h3-9,14,30,32H,10-13H2,1-2H3. The summed E-state index contributed by atoms with van der Waals surface area (Å²) >= 11 is 0. The van der Waals surface area contributed by atoms with E-state index in [1.807, 2.05) is 35.2 Å². The monoisotopic (exact) mass is 498 g/mol. The van der Waals surface area contributed by atoms with Crippen molar-refractivity contribution in [2.75, 3.05) is 22.7 Å². The summed E-state index contributed by atoms with van der Waals surface area (Å²) < 4.78 is 55.3. The Morgan fingerprint density at radius 2 is 1.77 bits per heavy atom. The number of hydrogen-bond donors (Lipinski definition) is 2. The van der Waals surface area contributed by atoms with Crippen LogP contribution in [-0.4, -0.2) is 31.6 Å². The van der Waals surface area contributed by atoms with Crippen LogP contribution in [0, 0.1) is 36.8 Å². The minimum atomic E-state index is -4.40. The fourth-order valence-corrected chi connectivity index (χ4v) is 5.60. The lowest BCUT2D eigenvalue weighted by molar-refractivity contribution is 0.0116. The van der Waals surface area contributed by atoms with Gasteiger partial charge in [0.25, 0.3) is 10.0 Å². The van der Waals surface area contributed by atoms with E-state index < -0.39 is 32.2 Å². The van der Waals surface area contributed by atoms with Crippen LogP contribution in [-0.2, 0) is 15.6 Å². The van der Waals surface area contributed by atoms with Gasteiger partial charge in [-0.2, -0.15) is 5.26 Å². The molecular weight excluding hydrogens is 474 g/mol. The van der Waals surface area contributed by atoms with Crippen molar-refractivity contribution in [3.8, 4) is 6.07 Å². The molecule has 3 aromatic rings. The van der Waals surface area contributed by atoms with E-state index in [2.05, 4.69) is 15.8 Å². The molecule has 2 heterocycles. The lowest BCUT2D eigenvalue weighted by Crippen LogP contribution is -2.43. The molecule has 0 amide bonds. The van der Waals surface area contributed by atoms with E-state index in [0.29, 0.717) is 49.1 Å². The number of benzene rings is 2. The van der Waals surface area contributed by atoms with Crippen LogP contribution >= 0.6 is 0 Å². The van der Waals surface area contributed by atoms with E-state index in [-0.39, 0.29) is 11.3 Å². The van der Waals surface area contributed by atoms with Gasteiger partial charge in [0.05, 0.1) is 22.5 Å². The molecule has 1 saturated heterocycles. The van der Waals surface area contributed by atoms with E-state index >= 15 is 0 Å². The number of aliphatic hydroxyl groups is 1. The number of halogens is 2. The highest BCUT2D eigenvalue weighted by Crippen LogP contribution is 2.37. The number of pyridine rings is 1. The molecule has 182 valence electrons. The van der Waals surface area contributed by atoms with Gasteiger partial charge in [-0.1, -0.05) is 30.3 Å². The molecule has 0 radical (unpaired) electrons. The lowest BCUT2D eigenvalue weighted by atomic mass is 9.84. The quantitative estimate of drug-likeness (QED) is 0.548. The van der Waals surface area contributed by atoms with E-state index in [1.54, 1.807) is 13.8 Å². The fourth-order valence-electron chi connectivity index (χ4n) is 4.36. The molecule has 0 bridgehead atoms. The zero-order valence-corrected chi connectivity index (χ0v) is 20.0. The third kappa shape index (κ3) is 4.70.